The van der Waals surface area contributed by atoms with Crippen molar-refractivity contribution in [2.45, 2.75) is 61.4 Å². The van der Waals surface area contributed by atoms with Gasteiger partial charge in [0.2, 0.25) is 0 Å². The lowest BCUT2D eigenvalue weighted by molar-refractivity contribution is -0.157. The number of halogens is 1. The maximum Gasteiger partial charge on any atom is 0.319 e. The molecule has 1 unspecified atom stereocenters. The second kappa shape index (κ2) is 4.60. The van der Waals surface area contributed by atoms with Gasteiger partial charge in [-0.3, -0.25) is 4.79 Å². The van der Waals surface area contributed by atoms with Crippen LogP contribution in [0.2, 0.25) is 0 Å². The Hall–Kier alpha value is 0.200. The highest BCUT2D eigenvalue weighted by Gasteiger charge is 2.48. The second-order valence-electron chi connectivity index (χ2n) is 5.01. The third kappa shape index (κ3) is 2.48. The molecule has 2 rings (SSSR count). The molecule has 0 heterocycles. The molecule has 2 saturated carbocycles. The molecule has 0 saturated heterocycles. The summed E-state index contributed by atoms with van der Waals surface area (Å²) in [4.78, 5) is 11.8. The van der Waals surface area contributed by atoms with Crippen LogP contribution in [0.4, 0.5) is 0 Å². The molecule has 2 aliphatic carbocycles. The van der Waals surface area contributed by atoms with E-state index in [1.165, 1.54) is 12.8 Å². The first-order valence-electron chi connectivity index (χ1n) is 6.02. The van der Waals surface area contributed by atoms with Crippen LogP contribution in [0.3, 0.4) is 0 Å². The molecule has 0 aromatic rings. The van der Waals surface area contributed by atoms with Crippen LogP contribution in [-0.4, -0.2) is 15.5 Å². The molecule has 0 N–H and O–H groups in total. The van der Waals surface area contributed by atoms with Gasteiger partial charge in [-0.1, -0.05) is 35.9 Å². The van der Waals surface area contributed by atoms with Gasteiger partial charge >= 0.3 is 5.97 Å². The molecule has 0 radical (unpaired) electrons. The molecule has 2 nitrogen and oxygen atoms in total. The molecule has 2 bridgehead atoms. The van der Waals surface area contributed by atoms with E-state index in [4.69, 9.17) is 4.74 Å². The lowest BCUT2D eigenvalue weighted by Crippen LogP contribution is -2.33. The van der Waals surface area contributed by atoms with Crippen LogP contribution in [-0.2, 0) is 9.53 Å². The van der Waals surface area contributed by atoms with Crippen molar-refractivity contribution in [3.05, 3.63) is 0 Å². The summed E-state index contributed by atoms with van der Waals surface area (Å²) in [5.74, 6) is 0.872. The molecule has 0 spiro atoms. The summed E-state index contributed by atoms with van der Waals surface area (Å²) >= 11 is 2.22. The van der Waals surface area contributed by atoms with E-state index in [0.717, 1.165) is 38.0 Å². The maximum atomic E-state index is 11.8. The van der Waals surface area contributed by atoms with Crippen molar-refractivity contribution in [1.82, 2.24) is 0 Å². The van der Waals surface area contributed by atoms with Gasteiger partial charge in [-0.25, -0.2) is 0 Å². The predicted molar refractivity (Wildman–Crippen MR) is 68.1 cm³/mol. The van der Waals surface area contributed by atoms with Gasteiger partial charge in [0, 0.05) is 0 Å². The highest BCUT2D eigenvalue weighted by atomic mass is 127. The van der Waals surface area contributed by atoms with Crippen LogP contribution >= 0.6 is 22.6 Å². The van der Waals surface area contributed by atoms with Crippen LogP contribution in [0.15, 0.2) is 0 Å². The Kier molecular flexibility index (Phi) is 3.58. The van der Waals surface area contributed by atoms with Crippen LogP contribution in [0, 0.1) is 5.92 Å². The van der Waals surface area contributed by atoms with Crippen molar-refractivity contribution in [2.24, 2.45) is 5.92 Å². The number of carbonyl (C=O) groups is 1. The molecule has 2 aliphatic rings. The van der Waals surface area contributed by atoms with E-state index in [0.29, 0.717) is 0 Å². The number of alkyl halides is 1. The number of rotatable bonds is 4. The van der Waals surface area contributed by atoms with Crippen molar-refractivity contribution in [3.8, 4) is 0 Å². The SMILES string of the molecule is CCCC(I)C(=O)OC12CCC(CC1)C2. The summed E-state index contributed by atoms with van der Waals surface area (Å²) in [7, 11) is 0. The van der Waals surface area contributed by atoms with Crippen LogP contribution < -0.4 is 0 Å². The molecule has 0 amide bonds. The molecule has 2 fully saturated rings. The average Bonchev–Trinajstić information content (AvgIpc) is 2.77. The standard InChI is InChI=1S/C12H19IO2/c1-2-3-10(13)11(14)15-12-6-4-9(8-12)5-7-12/h9-10H,2-8H2,1H3. The summed E-state index contributed by atoms with van der Waals surface area (Å²) in [5, 5.41) is 0. The van der Waals surface area contributed by atoms with E-state index in [-0.39, 0.29) is 15.5 Å². The monoisotopic (exact) mass is 322 g/mol. The van der Waals surface area contributed by atoms with Gasteiger partial charge < -0.3 is 4.74 Å². The van der Waals surface area contributed by atoms with Crippen molar-refractivity contribution in [1.29, 1.82) is 0 Å². The average molecular weight is 322 g/mol. The number of hydrogen-bond acceptors (Lipinski definition) is 2. The van der Waals surface area contributed by atoms with Gasteiger partial charge in [-0.15, -0.1) is 0 Å². The van der Waals surface area contributed by atoms with E-state index < -0.39 is 0 Å². The molecular formula is C12H19IO2. The quantitative estimate of drug-likeness (QED) is 0.450. The topological polar surface area (TPSA) is 26.3 Å². The Bertz CT molecular complexity index is 244. The molecule has 3 heteroatoms. The summed E-state index contributed by atoms with van der Waals surface area (Å²) < 4.78 is 5.81. The molecule has 0 aromatic heterocycles. The Labute approximate surface area is 105 Å². The fourth-order valence-electron chi connectivity index (χ4n) is 2.93. The number of esters is 1. The third-order valence-electron chi connectivity index (χ3n) is 3.79. The maximum absolute atomic E-state index is 11.8. The van der Waals surface area contributed by atoms with Crippen molar-refractivity contribution in [3.63, 3.8) is 0 Å². The van der Waals surface area contributed by atoms with Gasteiger partial charge in [0.25, 0.3) is 0 Å². The van der Waals surface area contributed by atoms with E-state index in [1.807, 2.05) is 0 Å². The predicted octanol–water partition coefficient (Wildman–Crippen LogP) is 3.47. The van der Waals surface area contributed by atoms with Gasteiger partial charge in [-0.2, -0.15) is 0 Å². The van der Waals surface area contributed by atoms with E-state index in [2.05, 4.69) is 29.5 Å². The van der Waals surface area contributed by atoms with Crippen molar-refractivity contribution < 1.29 is 9.53 Å². The zero-order valence-corrected chi connectivity index (χ0v) is 11.5. The number of carbonyl (C=O) groups excluding carboxylic acids is 1. The lowest BCUT2D eigenvalue weighted by Gasteiger charge is -2.27. The highest BCUT2D eigenvalue weighted by molar-refractivity contribution is 14.1. The van der Waals surface area contributed by atoms with E-state index in [9.17, 15) is 4.79 Å². The summed E-state index contributed by atoms with van der Waals surface area (Å²) in [6, 6.07) is 0. The number of ether oxygens (including phenoxy) is 1. The summed E-state index contributed by atoms with van der Waals surface area (Å²) in [5.41, 5.74) is -0.0427. The van der Waals surface area contributed by atoms with Gasteiger partial charge in [0.1, 0.15) is 9.53 Å². The summed E-state index contributed by atoms with van der Waals surface area (Å²) in [6.07, 6.45) is 7.89. The fourth-order valence-corrected chi connectivity index (χ4v) is 3.68. The first-order valence-corrected chi connectivity index (χ1v) is 7.27. The largest absolute Gasteiger partial charge is 0.458 e. The minimum atomic E-state index is -0.0427. The fraction of sp³-hybridized carbons (Fsp3) is 0.917. The number of fused-ring (bicyclic) bond motifs is 2. The first-order chi connectivity index (χ1) is 7.15. The van der Waals surface area contributed by atoms with Crippen LogP contribution in [0.5, 0.6) is 0 Å². The second-order valence-corrected chi connectivity index (χ2v) is 6.51. The number of hydrogen-bond donors (Lipinski definition) is 0. The van der Waals surface area contributed by atoms with Gasteiger partial charge in [0.05, 0.1) is 0 Å². The summed E-state index contributed by atoms with van der Waals surface area (Å²) in [6.45, 7) is 2.11. The van der Waals surface area contributed by atoms with Gasteiger partial charge in [0.15, 0.2) is 0 Å². The van der Waals surface area contributed by atoms with Crippen molar-refractivity contribution in [2.75, 3.05) is 0 Å². The molecule has 86 valence electrons. The third-order valence-corrected chi connectivity index (χ3v) is 4.92. The Balaban J connectivity index is 1.88. The molecule has 1 atom stereocenters. The van der Waals surface area contributed by atoms with Gasteiger partial charge in [-0.05, 0) is 44.4 Å². The van der Waals surface area contributed by atoms with E-state index >= 15 is 0 Å². The molecule has 15 heavy (non-hydrogen) atoms. The Morgan fingerprint density at radius 3 is 2.67 bits per heavy atom. The first kappa shape index (κ1) is 11.7. The molecular weight excluding hydrogens is 303 g/mol. The van der Waals surface area contributed by atoms with Crippen LogP contribution in [0.1, 0.15) is 51.9 Å². The lowest BCUT2D eigenvalue weighted by atomic mass is 9.97. The zero-order valence-electron chi connectivity index (χ0n) is 9.30. The minimum Gasteiger partial charge on any atom is -0.458 e. The highest BCUT2D eigenvalue weighted by Crippen LogP contribution is 2.50. The molecule has 0 aromatic carbocycles. The van der Waals surface area contributed by atoms with Crippen LogP contribution in [0.25, 0.3) is 0 Å². The van der Waals surface area contributed by atoms with E-state index in [1.54, 1.807) is 0 Å². The minimum absolute atomic E-state index is 0.0278. The smallest absolute Gasteiger partial charge is 0.319 e. The molecule has 0 aliphatic heterocycles. The Morgan fingerprint density at radius 1 is 1.53 bits per heavy atom. The zero-order chi connectivity index (χ0) is 10.9. The normalized spacial score (nSPS) is 35.5. The Morgan fingerprint density at radius 2 is 2.20 bits per heavy atom. The van der Waals surface area contributed by atoms with Crippen molar-refractivity contribution >= 4 is 28.6 Å².